The molecule has 24 heavy (non-hydrogen) atoms. The Kier molecular flexibility index (Phi) is 4.11. The zero-order valence-corrected chi connectivity index (χ0v) is 14.5. The zero-order chi connectivity index (χ0) is 16.5. The maximum absolute atomic E-state index is 4.97. The molecule has 1 N–H and O–H groups in total. The van der Waals surface area contributed by atoms with E-state index in [-0.39, 0.29) is 0 Å². The molecule has 0 unspecified atom stereocenters. The van der Waals surface area contributed by atoms with Gasteiger partial charge in [-0.1, -0.05) is 24.3 Å². The van der Waals surface area contributed by atoms with Crippen molar-refractivity contribution in [3.63, 3.8) is 0 Å². The van der Waals surface area contributed by atoms with Crippen LogP contribution in [0, 0.1) is 19.8 Å². The minimum absolute atomic E-state index is 0.731. The van der Waals surface area contributed by atoms with Gasteiger partial charge in [-0.25, -0.2) is 4.98 Å². The lowest BCUT2D eigenvalue weighted by Crippen LogP contribution is -2.30. The van der Waals surface area contributed by atoms with Crippen LogP contribution in [-0.4, -0.2) is 22.6 Å². The molecule has 1 aromatic heterocycles. The molecular weight excluding hydrogens is 294 g/mol. The van der Waals surface area contributed by atoms with Gasteiger partial charge < -0.3 is 9.88 Å². The topological polar surface area (TPSA) is 29.9 Å². The molecule has 2 aromatic carbocycles. The van der Waals surface area contributed by atoms with Crippen LogP contribution in [0.15, 0.2) is 42.5 Å². The third kappa shape index (κ3) is 2.84. The van der Waals surface area contributed by atoms with Crippen LogP contribution in [0.4, 0.5) is 0 Å². The number of benzene rings is 2. The Bertz CT molecular complexity index is 857. The Morgan fingerprint density at radius 1 is 1.04 bits per heavy atom. The Morgan fingerprint density at radius 3 is 2.62 bits per heavy atom. The first-order chi connectivity index (χ1) is 11.7. The van der Waals surface area contributed by atoms with Gasteiger partial charge in [0.05, 0.1) is 11.0 Å². The Labute approximate surface area is 143 Å². The number of fused-ring (bicyclic) bond motifs is 1. The second-order valence-corrected chi connectivity index (χ2v) is 7.03. The summed E-state index contributed by atoms with van der Waals surface area (Å²) in [5.74, 6) is 1.84. The van der Waals surface area contributed by atoms with Crippen molar-refractivity contribution in [3.8, 4) is 11.4 Å². The van der Waals surface area contributed by atoms with E-state index in [2.05, 4.69) is 66.2 Å². The van der Waals surface area contributed by atoms with Crippen molar-refractivity contribution in [3.05, 3.63) is 53.6 Å². The number of nitrogens with zero attached hydrogens (tertiary/aromatic N) is 2. The number of hydrogen-bond acceptors (Lipinski definition) is 2. The van der Waals surface area contributed by atoms with Crippen molar-refractivity contribution in [2.45, 2.75) is 33.2 Å². The SMILES string of the molecule is Cc1ccc(-c2nc3ccccc3n2CC2CCNCC2)cc1C. The summed E-state index contributed by atoms with van der Waals surface area (Å²) in [7, 11) is 0. The van der Waals surface area contributed by atoms with Crippen LogP contribution in [0.3, 0.4) is 0 Å². The second kappa shape index (κ2) is 6.40. The van der Waals surface area contributed by atoms with Crippen LogP contribution in [0.2, 0.25) is 0 Å². The van der Waals surface area contributed by atoms with Gasteiger partial charge in [0.1, 0.15) is 5.82 Å². The number of hydrogen-bond donors (Lipinski definition) is 1. The van der Waals surface area contributed by atoms with E-state index in [0.29, 0.717) is 0 Å². The second-order valence-electron chi connectivity index (χ2n) is 7.03. The molecule has 0 radical (unpaired) electrons. The van der Waals surface area contributed by atoms with Crippen LogP contribution < -0.4 is 5.32 Å². The molecule has 3 heteroatoms. The molecule has 0 saturated carbocycles. The summed E-state index contributed by atoms with van der Waals surface area (Å²) in [5, 5.41) is 3.47. The summed E-state index contributed by atoms with van der Waals surface area (Å²) in [4.78, 5) is 4.97. The van der Waals surface area contributed by atoms with E-state index in [9.17, 15) is 0 Å². The Hall–Kier alpha value is -2.13. The monoisotopic (exact) mass is 319 g/mol. The first-order valence-electron chi connectivity index (χ1n) is 8.96. The molecule has 0 spiro atoms. The smallest absolute Gasteiger partial charge is 0.141 e. The fourth-order valence-electron chi connectivity index (χ4n) is 3.68. The van der Waals surface area contributed by atoms with Gasteiger partial charge in [0.25, 0.3) is 0 Å². The van der Waals surface area contributed by atoms with E-state index < -0.39 is 0 Å². The third-order valence-corrected chi connectivity index (χ3v) is 5.32. The zero-order valence-electron chi connectivity index (χ0n) is 14.5. The highest BCUT2D eigenvalue weighted by molar-refractivity contribution is 5.80. The fraction of sp³-hybridized carbons (Fsp3) is 0.381. The van der Waals surface area contributed by atoms with Crippen molar-refractivity contribution in [2.75, 3.05) is 13.1 Å². The van der Waals surface area contributed by atoms with Crippen LogP contribution >= 0.6 is 0 Å². The van der Waals surface area contributed by atoms with Crippen molar-refractivity contribution in [1.29, 1.82) is 0 Å². The van der Waals surface area contributed by atoms with Crippen LogP contribution in [0.1, 0.15) is 24.0 Å². The molecule has 0 aliphatic carbocycles. The van der Waals surface area contributed by atoms with Gasteiger partial charge in [-0.05, 0) is 75.0 Å². The van der Waals surface area contributed by atoms with Gasteiger partial charge >= 0.3 is 0 Å². The van der Waals surface area contributed by atoms with E-state index in [4.69, 9.17) is 4.98 Å². The number of imidazole rings is 1. The van der Waals surface area contributed by atoms with Gasteiger partial charge in [0.2, 0.25) is 0 Å². The number of nitrogens with one attached hydrogen (secondary N) is 1. The molecule has 0 amide bonds. The average molecular weight is 319 g/mol. The summed E-state index contributed by atoms with van der Waals surface area (Å²) in [6.07, 6.45) is 2.50. The van der Waals surface area contributed by atoms with Gasteiger partial charge in [-0.15, -0.1) is 0 Å². The first-order valence-corrected chi connectivity index (χ1v) is 8.96. The molecular formula is C21H25N3. The first kappa shape index (κ1) is 15.4. The van der Waals surface area contributed by atoms with E-state index in [1.54, 1.807) is 0 Å². The van der Waals surface area contributed by atoms with Crippen LogP contribution in [-0.2, 0) is 6.54 Å². The highest BCUT2D eigenvalue weighted by Gasteiger charge is 2.18. The van der Waals surface area contributed by atoms with Crippen LogP contribution in [0.25, 0.3) is 22.4 Å². The molecule has 0 atom stereocenters. The lowest BCUT2D eigenvalue weighted by molar-refractivity contribution is 0.337. The minimum atomic E-state index is 0.731. The van der Waals surface area contributed by atoms with Crippen molar-refractivity contribution >= 4 is 11.0 Å². The number of rotatable bonds is 3. The molecule has 0 bridgehead atoms. The highest BCUT2D eigenvalue weighted by atomic mass is 15.1. The summed E-state index contributed by atoms with van der Waals surface area (Å²) < 4.78 is 2.44. The van der Waals surface area contributed by atoms with Gasteiger partial charge in [-0.3, -0.25) is 0 Å². The molecule has 1 fully saturated rings. The molecule has 1 aliphatic heterocycles. The standard InChI is InChI=1S/C21H25N3/c1-15-7-8-18(13-16(15)2)21-23-19-5-3-4-6-20(19)24(21)14-17-9-11-22-12-10-17/h3-8,13,17,22H,9-12,14H2,1-2H3. The van der Waals surface area contributed by atoms with E-state index in [0.717, 1.165) is 36.9 Å². The molecule has 4 rings (SSSR count). The van der Waals surface area contributed by atoms with Crippen molar-refractivity contribution in [2.24, 2.45) is 5.92 Å². The van der Waals surface area contributed by atoms with E-state index >= 15 is 0 Å². The van der Waals surface area contributed by atoms with Gasteiger partial charge in [0.15, 0.2) is 0 Å². The largest absolute Gasteiger partial charge is 0.324 e. The van der Waals surface area contributed by atoms with Gasteiger partial charge in [-0.2, -0.15) is 0 Å². The molecule has 1 aliphatic rings. The number of aromatic nitrogens is 2. The summed E-state index contributed by atoms with van der Waals surface area (Å²) in [6, 6.07) is 15.2. The fourth-order valence-corrected chi connectivity index (χ4v) is 3.68. The highest BCUT2D eigenvalue weighted by Crippen LogP contribution is 2.28. The molecule has 1 saturated heterocycles. The summed E-state index contributed by atoms with van der Waals surface area (Å²) in [6.45, 7) is 7.67. The lowest BCUT2D eigenvalue weighted by atomic mass is 9.98. The molecule has 124 valence electrons. The lowest BCUT2D eigenvalue weighted by Gasteiger charge is -2.24. The Balaban J connectivity index is 1.81. The predicted octanol–water partition coefficient (Wildman–Crippen LogP) is 4.32. The van der Waals surface area contributed by atoms with E-state index in [1.165, 1.54) is 35.0 Å². The number of para-hydroxylation sites is 2. The molecule has 3 nitrogen and oxygen atoms in total. The normalized spacial score (nSPS) is 15.9. The third-order valence-electron chi connectivity index (χ3n) is 5.32. The van der Waals surface area contributed by atoms with Crippen LogP contribution in [0.5, 0.6) is 0 Å². The quantitative estimate of drug-likeness (QED) is 0.779. The average Bonchev–Trinajstić information content (AvgIpc) is 2.97. The summed E-state index contributed by atoms with van der Waals surface area (Å²) in [5.41, 5.74) is 6.24. The molecule has 2 heterocycles. The number of piperidine rings is 1. The van der Waals surface area contributed by atoms with Crippen molar-refractivity contribution < 1.29 is 0 Å². The predicted molar refractivity (Wildman–Crippen MR) is 100 cm³/mol. The number of aryl methyl sites for hydroxylation is 2. The Morgan fingerprint density at radius 2 is 1.83 bits per heavy atom. The van der Waals surface area contributed by atoms with Crippen molar-refractivity contribution in [1.82, 2.24) is 14.9 Å². The van der Waals surface area contributed by atoms with Gasteiger partial charge in [0, 0.05) is 12.1 Å². The summed E-state index contributed by atoms with van der Waals surface area (Å²) >= 11 is 0. The maximum atomic E-state index is 4.97. The van der Waals surface area contributed by atoms with E-state index in [1.807, 2.05) is 0 Å². The molecule has 3 aromatic rings. The minimum Gasteiger partial charge on any atom is -0.324 e. The maximum Gasteiger partial charge on any atom is 0.141 e.